The van der Waals surface area contributed by atoms with Crippen molar-refractivity contribution >= 4 is 11.9 Å². The third-order valence-electron chi connectivity index (χ3n) is 3.82. The first-order valence-corrected chi connectivity index (χ1v) is 8.96. The van der Waals surface area contributed by atoms with Gasteiger partial charge in [0.15, 0.2) is 0 Å². The molecule has 0 aliphatic carbocycles. The van der Waals surface area contributed by atoms with E-state index in [1.54, 1.807) is 12.1 Å². The van der Waals surface area contributed by atoms with Crippen LogP contribution in [-0.2, 0) is 15.9 Å². The predicted octanol–water partition coefficient (Wildman–Crippen LogP) is 4.80. The van der Waals surface area contributed by atoms with E-state index in [-0.39, 0.29) is 5.56 Å². The molecule has 0 heterocycles. The van der Waals surface area contributed by atoms with Crippen LogP contribution in [0.1, 0.15) is 79.7 Å². The van der Waals surface area contributed by atoms with Crippen LogP contribution in [0.3, 0.4) is 0 Å². The number of rotatable bonds is 10. The minimum absolute atomic E-state index is 0.289. The first kappa shape index (κ1) is 20.2. The number of ether oxygens (including phenoxy) is 2. The van der Waals surface area contributed by atoms with Crippen molar-refractivity contribution in [2.45, 2.75) is 59.8 Å². The minimum atomic E-state index is -0.458. The van der Waals surface area contributed by atoms with E-state index in [9.17, 15) is 9.59 Å². The van der Waals surface area contributed by atoms with E-state index in [0.717, 1.165) is 37.7 Å². The van der Waals surface area contributed by atoms with Gasteiger partial charge in [-0.2, -0.15) is 0 Å². The molecule has 0 radical (unpaired) electrons. The number of unbranched alkanes of at least 4 members (excludes halogenated alkanes) is 1. The molecule has 4 nitrogen and oxygen atoms in total. The quantitative estimate of drug-likeness (QED) is 0.455. The van der Waals surface area contributed by atoms with Crippen LogP contribution in [-0.4, -0.2) is 25.2 Å². The van der Waals surface area contributed by atoms with Gasteiger partial charge in [0, 0.05) is 0 Å². The van der Waals surface area contributed by atoms with Gasteiger partial charge >= 0.3 is 11.9 Å². The van der Waals surface area contributed by atoms with Crippen LogP contribution in [0.2, 0.25) is 0 Å². The number of hydrogen-bond donors (Lipinski definition) is 0. The molecule has 0 spiro atoms. The van der Waals surface area contributed by atoms with E-state index >= 15 is 0 Å². The van der Waals surface area contributed by atoms with Crippen LogP contribution in [0.15, 0.2) is 18.2 Å². The smallest absolute Gasteiger partial charge is 0.339 e. The lowest BCUT2D eigenvalue weighted by Gasteiger charge is -2.11. The Labute approximate surface area is 145 Å². The first-order chi connectivity index (χ1) is 11.5. The summed E-state index contributed by atoms with van der Waals surface area (Å²) in [7, 11) is 0. The fourth-order valence-corrected chi connectivity index (χ4v) is 2.28. The molecule has 0 aliphatic heterocycles. The third-order valence-corrected chi connectivity index (χ3v) is 3.82. The van der Waals surface area contributed by atoms with E-state index < -0.39 is 11.9 Å². The number of esters is 2. The number of aryl methyl sites for hydroxylation is 1. The van der Waals surface area contributed by atoms with Gasteiger partial charge in [-0.1, -0.05) is 40.2 Å². The van der Waals surface area contributed by atoms with E-state index in [1.165, 1.54) is 0 Å². The molecule has 24 heavy (non-hydrogen) atoms. The second-order valence-electron chi connectivity index (χ2n) is 6.39. The SMILES string of the molecule is CCCCOC(=O)c1ccc(CC)cc1C(=O)OCCCC(C)C. The maximum absolute atomic E-state index is 12.4. The van der Waals surface area contributed by atoms with Crippen LogP contribution in [0.4, 0.5) is 0 Å². The van der Waals surface area contributed by atoms with Crippen molar-refractivity contribution in [1.29, 1.82) is 0 Å². The summed E-state index contributed by atoms with van der Waals surface area (Å²) in [5.41, 5.74) is 1.59. The molecule has 0 aliphatic rings. The number of carbonyl (C=O) groups excluding carboxylic acids is 2. The van der Waals surface area contributed by atoms with E-state index in [0.29, 0.717) is 24.7 Å². The summed E-state index contributed by atoms with van der Waals surface area (Å²) in [5, 5.41) is 0. The summed E-state index contributed by atoms with van der Waals surface area (Å²) in [6, 6.07) is 5.25. The van der Waals surface area contributed by atoms with E-state index in [4.69, 9.17) is 9.47 Å². The third kappa shape index (κ3) is 6.73. The zero-order chi connectivity index (χ0) is 17.9. The van der Waals surface area contributed by atoms with Gasteiger partial charge in [-0.25, -0.2) is 9.59 Å². The van der Waals surface area contributed by atoms with Crippen LogP contribution in [0.25, 0.3) is 0 Å². The maximum Gasteiger partial charge on any atom is 0.339 e. The van der Waals surface area contributed by atoms with Gasteiger partial charge in [0.2, 0.25) is 0 Å². The van der Waals surface area contributed by atoms with Gasteiger partial charge in [-0.15, -0.1) is 0 Å². The van der Waals surface area contributed by atoms with Crippen molar-refractivity contribution in [2.75, 3.05) is 13.2 Å². The molecule has 0 bridgehead atoms. The average molecular weight is 334 g/mol. The molecule has 0 amide bonds. The highest BCUT2D eigenvalue weighted by atomic mass is 16.5. The fourth-order valence-electron chi connectivity index (χ4n) is 2.28. The lowest BCUT2D eigenvalue weighted by atomic mass is 10.0. The summed E-state index contributed by atoms with van der Waals surface area (Å²) in [4.78, 5) is 24.6. The number of carbonyl (C=O) groups is 2. The second kappa shape index (κ2) is 10.8. The molecular weight excluding hydrogens is 304 g/mol. The van der Waals surface area contributed by atoms with Crippen LogP contribution >= 0.6 is 0 Å². The average Bonchev–Trinajstić information content (AvgIpc) is 2.57. The standard InChI is InChI=1S/C20H30O4/c1-5-7-12-23-19(21)17-11-10-16(6-2)14-18(17)20(22)24-13-8-9-15(3)4/h10-11,14-15H,5-9,12-13H2,1-4H3. The van der Waals surface area contributed by atoms with Gasteiger partial charge in [0.1, 0.15) is 0 Å². The Bertz CT molecular complexity index is 534. The van der Waals surface area contributed by atoms with Gasteiger partial charge in [-0.05, 0) is 49.3 Å². The molecular formula is C20H30O4. The first-order valence-electron chi connectivity index (χ1n) is 8.96. The molecule has 1 aromatic rings. The Kier molecular flexibility index (Phi) is 9.13. The zero-order valence-corrected chi connectivity index (χ0v) is 15.4. The Morgan fingerprint density at radius 2 is 1.58 bits per heavy atom. The number of hydrogen-bond acceptors (Lipinski definition) is 4. The number of benzene rings is 1. The predicted molar refractivity (Wildman–Crippen MR) is 95.4 cm³/mol. The van der Waals surface area contributed by atoms with E-state index in [2.05, 4.69) is 13.8 Å². The Morgan fingerprint density at radius 1 is 0.958 bits per heavy atom. The topological polar surface area (TPSA) is 52.6 Å². The van der Waals surface area contributed by atoms with Gasteiger partial charge < -0.3 is 9.47 Å². The van der Waals surface area contributed by atoms with Gasteiger partial charge in [0.05, 0.1) is 24.3 Å². The molecule has 134 valence electrons. The molecule has 0 N–H and O–H groups in total. The Morgan fingerprint density at radius 3 is 2.17 bits per heavy atom. The summed E-state index contributed by atoms with van der Waals surface area (Å²) in [6.07, 6.45) is 4.39. The molecule has 0 unspecified atom stereocenters. The van der Waals surface area contributed by atoms with Crippen molar-refractivity contribution in [3.8, 4) is 0 Å². The van der Waals surface area contributed by atoms with Crippen LogP contribution in [0.5, 0.6) is 0 Å². The van der Waals surface area contributed by atoms with Crippen molar-refractivity contribution in [1.82, 2.24) is 0 Å². The Balaban J connectivity index is 2.81. The van der Waals surface area contributed by atoms with Crippen LogP contribution < -0.4 is 0 Å². The summed E-state index contributed by atoms with van der Waals surface area (Å²) in [6.45, 7) is 9.05. The zero-order valence-electron chi connectivity index (χ0n) is 15.4. The van der Waals surface area contributed by atoms with Crippen molar-refractivity contribution in [2.24, 2.45) is 5.92 Å². The lowest BCUT2D eigenvalue weighted by Crippen LogP contribution is -2.15. The molecule has 0 atom stereocenters. The van der Waals surface area contributed by atoms with Crippen LogP contribution in [0, 0.1) is 5.92 Å². The monoisotopic (exact) mass is 334 g/mol. The summed E-state index contributed by atoms with van der Waals surface area (Å²) < 4.78 is 10.6. The van der Waals surface area contributed by atoms with Crippen molar-refractivity contribution in [3.05, 3.63) is 34.9 Å². The largest absolute Gasteiger partial charge is 0.462 e. The summed E-state index contributed by atoms with van der Waals surface area (Å²) >= 11 is 0. The Hall–Kier alpha value is -1.84. The molecule has 0 saturated heterocycles. The van der Waals surface area contributed by atoms with Crippen molar-refractivity contribution in [3.63, 3.8) is 0 Å². The highest BCUT2D eigenvalue weighted by Gasteiger charge is 2.20. The highest BCUT2D eigenvalue weighted by Crippen LogP contribution is 2.16. The molecule has 4 heteroatoms. The normalized spacial score (nSPS) is 10.7. The summed E-state index contributed by atoms with van der Waals surface area (Å²) in [5.74, 6) is -0.326. The highest BCUT2D eigenvalue weighted by molar-refractivity contribution is 6.03. The minimum Gasteiger partial charge on any atom is -0.462 e. The van der Waals surface area contributed by atoms with Gasteiger partial charge in [0.25, 0.3) is 0 Å². The molecule has 0 aromatic heterocycles. The molecule has 1 rings (SSSR count). The lowest BCUT2D eigenvalue weighted by molar-refractivity contribution is 0.0450. The molecule has 1 aromatic carbocycles. The van der Waals surface area contributed by atoms with Crippen molar-refractivity contribution < 1.29 is 19.1 Å². The second-order valence-corrected chi connectivity index (χ2v) is 6.39. The molecule has 0 fully saturated rings. The van der Waals surface area contributed by atoms with E-state index in [1.807, 2.05) is 19.9 Å². The fraction of sp³-hybridized carbons (Fsp3) is 0.600. The maximum atomic E-state index is 12.4. The van der Waals surface area contributed by atoms with Gasteiger partial charge in [-0.3, -0.25) is 0 Å². The molecule has 0 saturated carbocycles.